The van der Waals surface area contributed by atoms with E-state index in [0.29, 0.717) is 37.1 Å². The molecule has 7 nitrogen and oxygen atoms in total. The molecular weight excluding hydrogens is 322 g/mol. The second-order valence-corrected chi connectivity index (χ2v) is 5.52. The first-order valence-electron chi connectivity index (χ1n) is 7.91. The number of carbonyl (C=O) groups is 3. The topological polar surface area (TPSA) is 125 Å². The molecule has 1 rings (SSSR count). The fourth-order valence-electron chi connectivity index (χ4n) is 2.10. The number of hydrogen-bond donors (Lipinski definition) is 3. The molecule has 0 aliphatic heterocycles. The van der Waals surface area contributed by atoms with Gasteiger partial charge < -0.3 is 21.5 Å². The number of nitrogens with two attached hydrogens (primary N) is 2. The average Bonchev–Trinajstić information content (AvgIpc) is 2.58. The molecule has 0 aromatic heterocycles. The Morgan fingerprint density at radius 2 is 2.04 bits per heavy atom. The summed E-state index contributed by atoms with van der Waals surface area (Å²) in [6.07, 6.45) is 6.92. The number of amides is 2. The minimum absolute atomic E-state index is 0.0186. The molecule has 134 valence electrons. The maximum absolute atomic E-state index is 12.4. The number of hydrogen-bond acceptors (Lipinski definition) is 5. The van der Waals surface area contributed by atoms with Crippen LogP contribution < -0.4 is 21.5 Å². The molecule has 0 saturated heterocycles. The minimum atomic E-state index is -0.674. The van der Waals surface area contributed by atoms with E-state index >= 15 is 0 Å². The second kappa shape index (κ2) is 10.1. The zero-order valence-corrected chi connectivity index (χ0v) is 14.2. The van der Waals surface area contributed by atoms with Gasteiger partial charge in [-0.2, -0.15) is 0 Å². The zero-order chi connectivity index (χ0) is 18.8. The van der Waals surface area contributed by atoms with Crippen molar-refractivity contribution in [1.82, 2.24) is 5.32 Å². The molecule has 0 fully saturated rings. The van der Waals surface area contributed by atoms with Crippen LogP contribution in [0.3, 0.4) is 0 Å². The van der Waals surface area contributed by atoms with Crippen LogP contribution in [-0.2, 0) is 4.79 Å². The lowest BCUT2D eigenvalue weighted by Crippen LogP contribution is -2.36. The van der Waals surface area contributed by atoms with Crippen molar-refractivity contribution in [2.24, 2.45) is 11.5 Å². The quantitative estimate of drug-likeness (QED) is 0.326. The van der Waals surface area contributed by atoms with Gasteiger partial charge >= 0.3 is 0 Å². The molecular formula is C18H23N3O4. The second-order valence-electron chi connectivity index (χ2n) is 5.52. The number of Topliss-reactive ketones (excluding diaryl/α,β-unsaturated/α-hetero) is 1. The molecule has 0 radical (unpaired) electrons. The Balaban J connectivity index is 2.66. The minimum Gasteiger partial charge on any atom is -0.480 e. The van der Waals surface area contributed by atoms with Crippen molar-refractivity contribution in [2.45, 2.75) is 32.2 Å². The van der Waals surface area contributed by atoms with Crippen molar-refractivity contribution in [3.8, 4) is 18.1 Å². The zero-order valence-electron chi connectivity index (χ0n) is 14.2. The molecule has 7 heteroatoms. The fourth-order valence-corrected chi connectivity index (χ4v) is 2.10. The Kier molecular flexibility index (Phi) is 8.16. The highest BCUT2D eigenvalue weighted by Gasteiger charge is 2.15. The van der Waals surface area contributed by atoms with Crippen molar-refractivity contribution in [3.63, 3.8) is 0 Å². The molecule has 0 bridgehead atoms. The highest BCUT2D eigenvalue weighted by Crippen LogP contribution is 2.20. The lowest BCUT2D eigenvalue weighted by molar-refractivity contribution is -0.119. The number of rotatable bonds is 10. The van der Waals surface area contributed by atoms with Crippen LogP contribution in [-0.4, -0.2) is 36.8 Å². The predicted molar refractivity (Wildman–Crippen MR) is 94.1 cm³/mol. The Bertz CT molecular complexity index is 679. The van der Waals surface area contributed by atoms with Gasteiger partial charge in [0.2, 0.25) is 5.91 Å². The number of unbranched alkanes of at least 4 members (excludes halogenated alkanes) is 1. The summed E-state index contributed by atoms with van der Waals surface area (Å²) in [6.45, 7) is 1.83. The number of primary amides is 1. The Hall–Kier alpha value is -2.85. The molecule has 25 heavy (non-hydrogen) atoms. The van der Waals surface area contributed by atoms with Gasteiger partial charge in [-0.1, -0.05) is 5.92 Å². The monoisotopic (exact) mass is 345 g/mol. The van der Waals surface area contributed by atoms with E-state index in [-0.39, 0.29) is 23.9 Å². The molecule has 0 spiro atoms. The molecule has 1 atom stereocenters. The van der Waals surface area contributed by atoms with Gasteiger partial charge in [0.05, 0.1) is 11.6 Å². The Morgan fingerprint density at radius 1 is 1.32 bits per heavy atom. The summed E-state index contributed by atoms with van der Waals surface area (Å²) in [6, 6.07) is 3.93. The smallest absolute Gasteiger partial charge is 0.255 e. The third kappa shape index (κ3) is 6.65. The first-order valence-corrected chi connectivity index (χ1v) is 7.91. The molecule has 5 N–H and O–H groups in total. The van der Waals surface area contributed by atoms with Crippen molar-refractivity contribution in [3.05, 3.63) is 29.3 Å². The van der Waals surface area contributed by atoms with E-state index in [4.69, 9.17) is 22.6 Å². The molecule has 0 aliphatic rings. The predicted octanol–water partition coefficient (Wildman–Crippen LogP) is 0.614. The van der Waals surface area contributed by atoms with E-state index in [1.165, 1.54) is 13.0 Å². The summed E-state index contributed by atoms with van der Waals surface area (Å²) in [7, 11) is 0. The van der Waals surface area contributed by atoms with Gasteiger partial charge in [-0.25, -0.2) is 0 Å². The van der Waals surface area contributed by atoms with Crippen LogP contribution in [0, 0.1) is 12.3 Å². The number of terminal acetylenes is 1. The molecule has 1 aromatic carbocycles. The molecule has 0 unspecified atom stereocenters. The van der Waals surface area contributed by atoms with Gasteiger partial charge in [-0.3, -0.25) is 14.4 Å². The summed E-state index contributed by atoms with van der Waals surface area (Å²) < 4.78 is 5.35. The van der Waals surface area contributed by atoms with Crippen molar-refractivity contribution < 1.29 is 19.1 Å². The van der Waals surface area contributed by atoms with Crippen LogP contribution in [0.1, 0.15) is 46.9 Å². The fraction of sp³-hybridized carbons (Fsp3) is 0.389. The Labute approximate surface area is 147 Å². The lowest BCUT2D eigenvalue weighted by atomic mass is 10.1. The van der Waals surface area contributed by atoms with Crippen LogP contribution in [0.5, 0.6) is 5.75 Å². The average molecular weight is 345 g/mol. The van der Waals surface area contributed by atoms with Crippen molar-refractivity contribution in [1.29, 1.82) is 0 Å². The van der Waals surface area contributed by atoms with E-state index in [1.807, 2.05) is 0 Å². The van der Waals surface area contributed by atoms with Gasteiger partial charge in [0.15, 0.2) is 5.78 Å². The van der Waals surface area contributed by atoms with Gasteiger partial charge in [-0.15, -0.1) is 6.42 Å². The SMILES string of the molecule is C#CCOc1ccc(C(C)=O)cc1C(=O)NCCCC[C@H](N)C(N)=O. The van der Waals surface area contributed by atoms with Crippen LogP contribution in [0.4, 0.5) is 0 Å². The molecule has 0 aliphatic carbocycles. The lowest BCUT2D eigenvalue weighted by Gasteiger charge is -2.12. The van der Waals surface area contributed by atoms with E-state index in [2.05, 4.69) is 11.2 Å². The molecule has 2 amide bonds. The number of ether oxygens (including phenoxy) is 1. The number of benzene rings is 1. The number of ketones is 1. The molecule has 1 aromatic rings. The molecule has 0 saturated carbocycles. The Morgan fingerprint density at radius 3 is 2.64 bits per heavy atom. The van der Waals surface area contributed by atoms with Crippen LogP contribution in [0.15, 0.2) is 18.2 Å². The van der Waals surface area contributed by atoms with E-state index in [0.717, 1.165) is 0 Å². The van der Waals surface area contributed by atoms with E-state index < -0.39 is 11.9 Å². The number of carbonyl (C=O) groups excluding carboxylic acids is 3. The third-order valence-electron chi connectivity index (χ3n) is 3.53. The maximum atomic E-state index is 12.4. The maximum Gasteiger partial charge on any atom is 0.255 e. The summed E-state index contributed by atoms with van der Waals surface area (Å²) in [5, 5.41) is 2.75. The third-order valence-corrected chi connectivity index (χ3v) is 3.53. The van der Waals surface area contributed by atoms with E-state index in [1.54, 1.807) is 12.1 Å². The molecule has 0 heterocycles. The van der Waals surface area contributed by atoms with Crippen molar-refractivity contribution >= 4 is 17.6 Å². The van der Waals surface area contributed by atoms with Crippen LogP contribution in [0.2, 0.25) is 0 Å². The first-order chi connectivity index (χ1) is 11.9. The standard InChI is InChI=1S/C18H23N3O4/c1-3-10-25-16-8-7-13(12(2)22)11-14(16)18(24)21-9-5-4-6-15(19)17(20)23/h1,7-8,11,15H,4-6,9-10,19H2,2H3,(H2,20,23)(H,21,24)/t15-/m0/s1. The summed E-state index contributed by atoms with van der Waals surface area (Å²) in [4.78, 5) is 34.7. The van der Waals surface area contributed by atoms with Gasteiger partial charge in [-0.05, 0) is 44.4 Å². The van der Waals surface area contributed by atoms with Gasteiger partial charge in [0, 0.05) is 12.1 Å². The summed E-state index contributed by atoms with van der Waals surface area (Å²) >= 11 is 0. The van der Waals surface area contributed by atoms with Gasteiger partial charge in [0.25, 0.3) is 5.91 Å². The summed E-state index contributed by atoms with van der Waals surface area (Å²) in [5.74, 6) is 1.58. The summed E-state index contributed by atoms with van der Waals surface area (Å²) in [5.41, 5.74) is 11.3. The highest BCUT2D eigenvalue weighted by atomic mass is 16.5. The van der Waals surface area contributed by atoms with Crippen LogP contribution in [0.25, 0.3) is 0 Å². The largest absolute Gasteiger partial charge is 0.480 e. The van der Waals surface area contributed by atoms with Gasteiger partial charge in [0.1, 0.15) is 12.4 Å². The van der Waals surface area contributed by atoms with Crippen molar-refractivity contribution in [2.75, 3.05) is 13.2 Å². The highest BCUT2D eigenvalue weighted by molar-refractivity contribution is 6.01. The number of nitrogens with one attached hydrogen (secondary N) is 1. The van der Waals surface area contributed by atoms with E-state index in [9.17, 15) is 14.4 Å². The normalized spacial score (nSPS) is 11.2. The van der Waals surface area contributed by atoms with Crippen LogP contribution >= 0.6 is 0 Å². The first kappa shape index (κ1) is 20.2.